The Morgan fingerprint density at radius 2 is 1.83 bits per heavy atom. The van der Waals surface area contributed by atoms with Crippen LogP contribution in [0.5, 0.6) is 11.5 Å². The summed E-state index contributed by atoms with van der Waals surface area (Å²) >= 11 is 5.87. The Balaban J connectivity index is 1.49. The van der Waals surface area contributed by atoms with Gasteiger partial charge >= 0.3 is 0 Å². The van der Waals surface area contributed by atoms with Crippen LogP contribution in [-0.4, -0.2) is 44.4 Å². The lowest BCUT2D eigenvalue weighted by Crippen LogP contribution is -2.46. The average molecular weight is 451 g/mol. The first-order chi connectivity index (χ1) is 14.4. The molecule has 2 aliphatic heterocycles. The van der Waals surface area contributed by atoms with Crippen LogP contribution in [0.1, 0.15) is 31.4 Å². The minimum absolute atomic E-state index is 0.131. The number of sulfonamides is 1. The second-order valence-corrected chi connectivity index (χ2v) is 9.69. The molecular formula is C21H23ClN2O5S. The van der Waals surface area contributed by atoms with Crippen molar-refractivity contribution >= 4 is 27.5 Å². The molecule has 1 saturated heterocycles. The van der Waals surface area contributed by atoms with E-state index in [1.54, 1.807) is 0 Å². The van der Waals surface area contributed by atoms with E-state index in [-0.39, 0.29) is 16.8 Å². The van der Waals surface area contributed by atoms with Crippen LogP contribution in [-0.2, 0) is 14.8 Å². The van der Waals surface area contributed by atoms with Crippen LogP contribution < -0.4 is 14.8 Å². The third-order valence-electron chi connectivity index (χ3n) is 5.35. The van der Waals surface area contributed by atoms with E-state index in [2.05, 4.69) is 5.32 Å². The zero-order valence-electron chi connectivity index (χ0n) is 16.5. The summed E-state index contributed by atoms with van der Waals surface area (Å²) in [6.07, 6.45) is 1.11. The molecule has 4 rings (SSSR count). The standard InChI is InChI=1S/C21H23ClN2O5S/c1-14(15-4-9-19-20(13-15)29-12-11-28-19)23-21(25)18-3-2-10-24(18)30(26,27)17-7-5-16(22)6-8-17/h4-9,13-14,18H,2-3,10-12H2,1H3,(H,23,25)/t14-,18+/m0/s1. The highest BCUT2D eigenvalue weighted by atomic mass is 35.5. The molecule has 0 unspecified atom stereocenters. The molecule has 0 aliphatic carbocycles. The fraction of sp³-hybridized carbons (Fsp3) is 0.381. The molecule has 2 aromatic carbocycles. The van der Waals surface area contributed by atoms with E-state index in [1.807, 2.05) is 25.1 Å². The zero-order valence-corrected chi connectivity index (χ0v) is 18.1. The third kappa shape index (κ3) is 4.12. The Kier molecular flexibility index (Phi) is 5.90. The quantitative estimate of drug-likeness (QED) is 0.756. The first kappa shape index (κ1) is 21.0. The number of nitrogens with zero attached hydrogens (tertiary/aromatic N) is 1. The molecular weight excluding hydrogens is 428 g/mol. The van der Waals surface area contributed by atoms with Gasteiger partial charge in [-0.3, -0.25) is 4.79 Å². The lowest BCUT2D eigenvalue weighted by Gasteiger charge is -2.26. The minimum Gasteiger partial charge on any atom is -0.486 e. The zero-order chi connectivity index (χ0) is 21.3. The van der Waals surface area contributed by atoms with Crippen molar-refractivity contribution in [2.45, 2.75) is 36.7 Å². The molecule has 0 bridgehead atoms. The van der Waals surface area contributed by atoms with Gasteiger partial charge in [0.2, 0.25) is 15.9 Å². The van der Waals surface area contributed by atoms with Gasteiger partial charge in [0.1, 0.15) is 19.3 Å². The number of hydrogen-bond acceptors (Lipinski definition) is 5. The topological polar surface area (TPSA) is 84.9 Å². The molecule has 30 heavy (non-hydrogen) atoms. The van der Waals surface area contributed by atoms with Gasteiger partial charge in [0.05, 0.1) is 10.9 Å². The maximum atomic E-state index is 13.0. The molecule has 7 nitrogen and oxygen atoms in total. The van der Waals surface area contributed by atoms with E-state index in [0.717, 1.165) is 5.56 Å². The van der Waals surface area contributed by atoms with Gasteiger partial charge in [0, 0.05) is 11.6 Å². The average Bonchev–Trinajstić information content (AvgIpc) is 3.25. The highest BCUT2D eigenvalue weighted by Gasteiger charge is 2.39. The SMILES string of the molecule is C[C@H](NC(=O)[C@H]1CCCN1S(=O)(=O)c1ccc(Cl)cc1)c1ccc2c(c1)OCCO2. The van der Waals surface area contributed by atoms with Gasteiger partial charge < -0.3 is 14.8 Å². The van der Waals surface area contributed by atoms with Gasteiger partial charge in [-0.05, 0) is 61.7 Å². The van der Waals surface area contributed by atoms with Gasteiger partial charge in [-0.15, -0.1) is 0 Å². The fourth-order valence-electron chi connectivity index (χ4n) is 3.75. The maximum Gasteiger partial charge on any atom is 0.243 e. The normalized spacial score (nSPS) is 20.0. The predicted molar refractivity (Wildman–Crippen MR) is 112 cm³/mol. The second kappa shape index (κ2) is 8.45. The highest BCUT2D eigenvalue weighted by Crippen LogP contribution is 2.33. The first-order valence-electron chi connectivity index (χ1n) is 9.83. The van der Waals surface area contributed by atoms with Crippen LogP contribution in [0.4, 0.5) is 0 Å². The number of ether oxygens (including phenoxy) is 2. The third-order valence-corrected chi connectivity index (χ3v) is 7.53. The molecule has 2 aromatic rings. The van der Waals surface area contributed by atoms with Crippen molar-refractivity contribution in [3.8, 4) is 11.5 Å². The largest absolute Gasteiger partial charge is 0.486 e. The molecule has 1 amide bonds. The van der Waals surface area contributed by atoms with Crippen molar-refractivity contribution in [3.63, 3.8) is 0 Å². The Morgan fingerprint density at radius 3 is 2.57 bits per heavy atom. The summed E-state index contributed by atoms with van der Waals surface area (Å²) in [7, 11) is -3.78. The van der Waals surface area contributed by atoms with E-state index in [9.17, 15) is 13.2 Å². The van der Waals surface area contributed by atoms with Crippen LogP contribution in [0.2, 0.25) is 5.02 Å². The van der Waals surface area contributed by atoms with Crippen molar-refractivity contribution in [2.75, 3.05) is 19.8 Å². The Bertz CT molecular complexity index is 1040. The number of rotatable bonds is 5. The summed E-state index contributed by atoms with van der Waals surface area (Å²) in [5.74, 6) is 1.01. The molecule has 0 spiro atoms. The van der Waals surface area contributed by atoms with Crippen molar-refractivity contribution in [2.24, 2.45) is 0 Å². The molecule has 0 saturated carbocycles. The van der Waals surface area contributed by atoms with Gasteiger partial charge in [-0.2, -0.15) is 4.31 Å². The number of carbonyl (C=O) groups excluding carboxylic acids is 1. The van der Waals surface area contributed by atoms with Gasteiger partial charge in [-0.1, -0.05) is 17.7 Å². The maximum absolute atomic E-state index is 13.0. The molecule has 2 heterocycles. The number of halogens is 1. The van der Waals surface area contributed by atoms with Crippen molar-refractivity contribution in [3.05, 3.63) is 53.1 Å². The predicted octanol–water partition coefficient (Wildman–Crippen LogP) is 3.14. The first-order valence-corrected chi connectivity index (χ1v) is 11.7. The van der Waals surface area contributed by atoms with E-state index in [4.69, 9.17) is 21.1 Å². The minimum atomic E-state index is -3.78. The summed E-state index contributed by atoms with van der Waals surface area (Å²) in [6, 6.07) is 10.5. The second-order valence-electron chi connectivity index (χ2n) is 7.36. The lowest BCUT2D eigenvalue weighted by molar-refractivity contribution is -0.124. The van der Waals surface area contributed by atoms with Crippen LogP contribution in [0.3, 0.4) is 0 Å². The van der Waals surface area contributed by atoms with Crippen LogP contribution in [0, 0.1) is 0 Å². The lowest BCUT2D eigenvalue weighted by atomic mass is 10.1. The summed E-state index contributed by atoms with van der Waals surface area (Å²) in [6.45, 7) is 3.16. The Labute approximate surface area is 181 Å². The van der Waals surface area contributed by atoms with Crippen LogP contribution >= 0.6 is 11.6 Å². The van der Waals surface area contributed by atoms with E-state index >= 15 is 0 Å². The monoisotopic (exact) mass is 450 g/mol. The molecule has 1 fully saturated rings. The van der Waals surface area contributed by atoms with E-state index < -0.39 is 16.1 Å². The van der Waals surface area contributed by atoms with Crippen LogP contribution in [0.25, 0.3) is 0 Å². The molecule has 160 valence electrons. The van der Waals surface area contributed by atoms with E-state index in [0.29, 0.717) is 49.1 Å². The molecule has 2 atom stereocenters. The molecule has 1 N–H and O–H groups in total. The summed E-state index contributed by atoms with van der Waals surface area (Å²) in [4.78, 5) is 13.1. The number of carbonyl (C=O) groups is 1. The number of fused-ring (bicyclic) bond motifs is 1. The van der Waals surface area contributed by atoms with Crippen molar-refractivity contribution in [1.29, 1.82) is 0 Å². The number of nitrogens with one attached hydrogen (secondary N) is 1. The molecule has 0 aromatic heterocycles. The van der Waals surface area contributed by atoms with Crippen molar-refractivity contribution < 1.29 is 22.7 Å². The van der Waals surface area contributed by atoms with Gasteiger partial charge in [-0.25, -0.2) is 8.42 Å². The Hall–Kier alpha value is -2.29. The smallest absolute Gasteiger partial charge is 0.243 e. The highest BCUT2D eigenvalue weighted by molar-refractivity contribution is 7.89. The van der Waals surface area contributed by atoms with Gasteiger partial charge in [0.15, 0.2) is 11.5 Å². The van der Waals surface area contributed by atoms with E-state index in [1.165, 1.54) is 28.6 Å². The molecule has 9 heteroatoms. The fourth-order valence-corrected chi connectivity index (χ4v) is 5.54. The number of hydrogen-bond donors (Lipinski definition) is 1. The summed E-state index contributed by atoms with van der Waals surface area (Å²) in [5.41, 5.74) is 0.859. The molecule has 2 aliphatic rings. The van der Waals surface area contributed by atoms with Crippen LogP contribution in [0.15, 0.2) is 47.4 Å². The van der Waals surface area contributed by atoms with Gasteiger partial charge in [0.25, 0.3) is 0 Å². The van der Waals surface area contributed by atoms with Crippen molar-refractivity contribution in [1.82, 2.24) is 9.62 Å². The summed E-state index contributed by atoms with van der Waals surface area (Å²) in [5, 5.41) is 3.40. The molecule has 0 radical (unpaired) electrons. The number of amides is 1. The Morgan fingerprint density at radius 1 is 1.13 bits per heavy atom. The number of benzene rings is 2. The summed E-state index contributed by atoms with van der Waals surface area (Å²) < 4.78 is 38.5.